The van der Waals surface area contributed by atoms with Gasteiger partial charge in [0.05, 0.1) is 6.10 Å². The zero-order valence-corrected chi connectivity index (χ0v) is 12.4. The van der Waals surface area contributed by atoms with Crippen molar-refractivity contribution in [3.8, 4) is 0 Å². The number of aliphatic hydroxyl groups is 1. The molecule has 1 saturated carbocycles. The number of hydrogen-bond donors (Lipinski definition) is 1. The van der Waals surface area contributed by atoms with Crippen molar-refractivity contribution in [2.24, 2.45) is 5.41 Å². The van der Waals surface area contributed by atoms with Gasteiger partial charge >= 0.3 is 0 Å². The highest BCUT2D eigenvalue weighted by Crippen LogP contribution is 2.45. The number of rotatable bonds is 2. The van der Waals surface area contributed by atoms with E-state index in [4.69, 9.17) is 11.6 Å². The van der Waals surface area contributed by atoms with Crippen LogP contribution in [0.3, 0.4) is 0 Å². The summed E-state index contributed by atoms with van der Waals surface area (Å²) in [4.78, 5) is 2.32. The van der Waals surface area contributed by atoms with Crippen molar-refractivity contribution in [2.75, 3.05) is 13.1 Å². The number of benzene rings is 1. The molecule has 1 aromatic carbocycles. The van der Waals surface area contributed by atoms with E-state index in [0.717, 1.165) is 50.8 Å². The zero-order chi connectivity index (χ0) is 14.2. The van der Waals surface area contributed by atoms with E-state index in [-0.39, 0.29) is 17.3 Å². The summed E-state index contributed by atoms with van der Waals surface area (Å²) in [5, 5.41) is 10.9. The predicted octanol–water partition coefficient (Wildman–Crippen LogP) is 3.61. The normalized spacial score (nSPS) is 31.1. The van der Waals surface area contributed by atoms with Crippen LogP contribution in [0.2, 0.25) is 5.02 Å². The fraction of sp³-hybridized carbons (Fsp3) is 0.625. The highest BCUT2D eigenvalue weighted by atomic mass is 35.5. The first-order valence-corrected chi connectivity index (χ1v) is 7.81. The lowest BCUT2D eigenvalue weighted by atomic mass is 9.76. The quantitative estimate of drug-likeness (QED) is 0.901. The first-order chi connectivity index (χ1) is 9.59. The van der Waals surface area contributed by atoms with Crippen LogP contribution < -0.4 is 0 Å². The lowest BCUT2D eigenvalue weighted by Crippen LogP contribution is -2.46. The Bertz CT molecular complexity index is 495. The Morgan fingerprint density at radius 3 is 2.90 bits per heavy atom. The second kappa shape index (κ2) is 5.63. The fourth-order valence-electron chi connectivity index (χ4n) is 3.89. The molecule has 110 valence electrons. The minimum absolute atomic E-state index is 0.0675. The number of likely N-dealkylation sites (tertiary alicyclic amines) is 1. The summed E-state index contributed by atoms with van der Waals surface area (Å²) >= 11 is 6.15. The van der Waals surface area contributed by atoms with Crippen LogP contribution in [0, 0.1) is 11.2 Å². The van der Waals surface area contributed by atoms with Gasteiger partial charge in [-0.1, -0.05) is 18.0 Å². The minimum atomic E-state index is -0.239. The van der Waals surface area contributed by atoms with Gasteiger partial charge in [0.1, 0.15) is 5.82 Å². The summed E-state index contributed by atoms with van der Waals surface area (Å²) in [6.45, 7) is 2.58. The first-order valence-electron chi connectivity index (χ1n) is 7.43. The van der Waals surface area contributed by atoms with Crippen molar-refractivity contribution >= 4 is 11.6 Å². The number of halogens is 2. The first kappa shape index (κ1) is 14.3. The summed E-state index contributed by atoms with van der Waals surface area (Å²) in [5.74, 6) is -0.239. The van der Waals surface area contributed by atoms with Crippen LogP contribution in [0.1, 0.15) is 37.7 Å². The Labute approximate surface area is 124 Å². The van der Waals surface area contributed by atoms with Gasteiger partial charge in [0.2, 0.25) is 0 Å². The molecule has 2 atom stereocenters. The molecule has 2 aliphatic rings. The van der Waals surface area contributed by atoms with Gasteiger partial charge in [-0.25, -0.2) is 4.39 Å². The molecule has 0 aromatic heterocycles. The Hall–Kier alpha value is -0.640. The number of hydrogen-bond acceptors (Lipinski definition) is 2. The summed E-state index contributed by atoms with van der Waals surface area (Å²) in [6, 6.07) is 4.54. The topological polar surface area (TPSA) is 23.5 Å². The van der Waals surface area contributed by atoms with Gasteiger partial charge in [-0.2, -0.15) is 0 Å². The molecule has 1 heterocycles. The molecule has 1 aliphatic heterocycles. The monoisotopic (exact) mass is 297 g/mol. The van der Waals surface area contributed by atoms with E-state index in [1.54, 1.807) is 6.07 Å². The molecule has 3 rings (SSSR count). The summed E-state index contributed by atoms with van der Waals surface area (Å²) in [6.07, 6.45) is 5.20. The maximum atomic E-state index is 13.3. The molecular formula is C16H21ClFNO. The van der Waals surface area contributed by atoms with E-state index < -0.39 is 0 Å². The standard InChI is InChI=1S/C16H21ClFNO/c17-14-5-4-13(18)9-12(14)10-19-8-2-7-16(11-19)6-1-3-15(16)20/h4-5,9,15,20H,1-3,6-8,10-11H2/t15-,16-/m1/s1. The number of aliphatic hydroxyl groups excluding tert-OH is 1. The van der Waals surface area contributed by atoms with Gasteiger partial charge in [-0.15, -0.1) is 0 Å². The fourth-order valence-corrected chi connectivity index (χ4v) is 4.07. The van der Waals surface area contributed by atoms with E-state index >= 15 is 0 Å². The van der Waals surface area contributed by atoms with Crippen LogP contribution in [0.5, 0.6) is 0 Å². The average molecular weight is 298 g/mol. The van der Waals surface area contributed by atoms with Gasteiger partial charge in [0.25, 0.3) is 0 Å². The van der Waals surface area contributed by atoms with E-state index in [1.807, 2.05) is 0 Å². The molecule has 0 bridgehead atoms. The molecule has 2 fully saturated rings. The molecule has 0 radical (unpaired) electrons. The van der Waals surface area contributed by atoms with E-state index in [0.29, 0.717) is 11.6 Å². The van der Waals surface area contributed by atoms with Gasteiger partial charge in [-0.05, 0) is 56.0 Å². The Morgan fingerprint density at radius 1 is 1.35 bits per heavy atom. The summed E-state index contributed by atoms with van der Waals surface area (Å²) in [5.41, 5.74) is 0.911. The molecule has 20 heavy (non-hydrogen) atoms. The minimum Gasteiger partial charge on any atom is -0.393 e. The van der Waals surface area contributed by atoms with Crippen molar-refractivity contribution in [2.45, 2.75) is 44.8 Å². The van der Waals surface area contributed by atoms with Crippen LogP contribution >= 0.6 is 11.6 Å². The second-order valence-corrected chi connectivity index (χ2v) is 6.73. The van der Waals surface area contributed by atoms with Crippen LogP contribution in [-0.4, -0.2) is 29.2 Å². The lowest BCUT2D eigenvalue weighted by Gasteiger charge is -2.42. The van der Waals surface area contributed by atoms with E-state index in [2.05, 4.69) is 4.90 Å². The van der Waals surface area contributed by atoms with Gasteiger partial charge < -0.3 is 5.11 Å². The molecule has 2 nitrogen and oxygen atoms in total. The Kier molecular flexibility index (Phi) is 4.02. The van der Waals surface area contributed by atoms with Gasteiger partial charge in [-0.3, -0.25) is 4.90 Å². The lowest BCUT2D eigenvalue weighted by molar-refractivity contribution is -0.0120. The predicted molar refractivity (Wildman–Crippen MR) is 78.2 cm³/mol. The van der Waals surface area contributed by atoms with Crippen molar-refractivity contribution in [1.29, 1.82) is 0 Å². The largest absolute Gasteiger partial charge is 0.393 e. The summed E-state index contributed by atoms with van der Waals surface area (Å²) in [7, 11) is 0. The third-order valence-corrected chi connectivity index (χ3v) is 5.32. The highest BCUT2D eigenvalue weighted by molar-refractivity contribution is 6.31. The number of nitrogens with zero attached hydrogens (tertiary/aromatic N) is 1. The molecule has 1 spiro atoms. The van der Waals surface area contributed by atoms with Gasteiger partial charge in [0.15, 0.2) is 0 Å². The third kappa shape index (κ3) is 2.72. The molecule has 4 heteroatoms. The molecule has 1 saturated heterocycles. The van der Waals surface area contributed by atoms with Crippen molar-refractivity contribution in [3.05, 3.63) is 34.6 Å². The highest BCUT2D eigenvalue weighted by Gasteiger charge is 2.44. The third-order valence-electron chi connectivity index (χ3n) is 4.95. The van der Waals surface area contributed by atoms with Crippen molar-refractivity contribution in [1.82, 2.24) is 4.90 Å². The molecule has 0 amide bonds. The van der Waals surface area contributed by atoms with Crippen molar-refractivity contribution < 1.29 is 9.50 Å². The summed E-state index contributed by atoms with van der Waals surface area (Å²) < 4.78 is 13.3. The van der Waals surface area contributed by atoms with Crippen molar-refractivity contribution in [3.63, 3.8) is 0 Å². The van der Waals surface area contributed by atoms with E-state index in [9.17, 15) is 9.50 Å². The van der Waals surface area contributed by atoms with E-state index in [1.165, 1.54) is 12.1 Å². The smallest absolute Gasteiger partial charge is 0.123 e. The molecule has 1 aliphatic carbocycles. The van der Waals surface area contributed by atoms with Crippen LogP contribution in [0.15, 0.2) is 18.2 Å². The molecule has 0 unspecified atom stereocenters. The molecular weight excluding hydrogens is 277 g/mol. The maximum Gasteiger partial charge on any atom is 0.123 e. The van der Waals surface area contributed by atoms with Crippen LogP contribution in [0.4, 0.5) is 4.39 Å². The Morgan fingerprint density at radius 2 is 2.15 bits per heavy atom. The number of piperidine rings is 1. The second-order valence-electron chi connectivity index (χ2n) is 6.32. The SMILES string of the molecule is O[C@@H]1CCC[C@]12CCCN(Cc1cc(F)ccc1Cl)C2. The average Bonchev–Trinajstić information content (AvgIpc) is 2.75. The molecule has 1 aromatic rings. The van der Waals surface area contributed by atoms with Crippen LogP contribution in [0.25, 0.3) is 0 Å². The molecule has 1 N–H and O–H groups in total. The van der Waals surface area contributed by atoms with Crippen LogP contribution in [-0.2, 0) is 6.54 Å². The van der Waals surface area contributed by atoms with Gasteiger partial charge in [0, 0.05) is 23.5 Å². The Balaban J connectivity index is 1.73. The maximum absolute atomic E-state index is 13.3. The zero-order valence-electron chi connectivity index (χ0n) is 11.6.